The maximum Gasteiger partial charge on any atom is 0.225 e. The van der Waals surface area contributed by atoms with Gasteiger partial charge in [-0.15, -0.1) is 0 Å². The molecule has 35 heavy (non-hydrogen) atoms. The van der Waals surface area contributed by atoms with Crippen LogP contribution in [0.5, 0.6) is 0 Å². The number of rotatable bonds is 6. The van der Waals surface area contributed by atoms with Gasteiger partial charge in [0.05, 0.1) is 22.7 Å². The van der Waals surface area contributed by atoms with Gasteiger partial charge in [-0.25, -0.2) is 22.8 Å². The summed E-state index contributed by atoms with van der Waals surface area (Å²) in [5.41, 5.74) is 3.55. The Kier molecular flexibility index (Phi) is 6.27. The van der Waals surface area contributed by atoms with Crippen LogP contribution in [-0.2, 0) is 22.8 Å². The molecule has 1 fully saturated rings. The van der Waals surface area contributed by atoms with Crippen molar-refractivity contribution in [2.75, 3.05) is 24.2 Å². The van der Waals surface area contributed by atoms with Gasteiger partial charge in [0.1, 0.15) is 5.82 Å². The number of hydrogen-bond donors (Lipinski definition) is 0. The Bertz CT molecular complexity index is 1440. The van der Waals surface area contributed by atoms with Crippen LogP contribution in [-0.4, -0.2) is 47.3 Å². The van der Waals surface area contributed by atoms with Crippen molar-refractivity contribution in [1.82, 2.24) is 19.5 Å². The SMILES string of the molecule is CCc1cnc(N2CCC(c3ccc(Cn4ccc5cc(S(C)(=O)=O)cc(F)c54)nc3)CC2)nc1. The Balaban J connectivity index is 1.25. The summed E-state index contributed by atoms with van der Waals surface area (Å²) in [5, 5.41) is 0.558. The lowest BCUT2D eigenvalue weighted by molar-refractivity contribution is 0.498. The molecular weight excluding hydrogens is 465 g/mol. The molecule has 182 valence electrons. The van der Waals surface area contributed by atoms with Crippen molar-refractivity contribution in [3.05, 3.63) is 77.8 Å². The van der Waals surface area contributed by atoms with Crippen LogP contribution in [0.2, 0.25) is 0 Å². The lowest BCUT2D eigenvalue weighted by atomic mass is 9.90. The zero-order valence-corrected chi connectivity index (χ0v) is 20.7. The van der Waals surface area contributed by atoms with E-state index in [0.29, 0.717) is 23.4 Å². The first kappa shape index (κ1) is 23.4. The molecule has 1 aromatic carbocycles. The molecular formula is C26H28FN5O2S. The third kappa shape index (κ3) is 4.91. The van der Waals surface area contributed by atoms with E-state index in [-0.39, 0.29) is 4.90 Å². The van der Waals surface area contributed by atoms with Crippen molar-refractivity contribution in [3.63, 3.8) is 0 Å². The van der Waals surface area contributed by atoms with Crippen LogP contribution in [0.15, 0.2) is 60.0 Å². The van der Waals surface area contributed by atoms with Crippen molar-refractivity contribution in [2.24, 2.45) is 0 Å². The molecule has 7 nitrogen and oxygen atoms in total. The van der Waals surface area contributed by atoms with Gasteiger partial charge in [-0.1, -0.05) is 13.0 Å². The van der Waals surface area contributed by atoms with Crippen LogP contribution in [0.3, 0.4) is 0 Å². The molecule has 0 saturated carbocycles. The number of piperidine rings is 1. The molecule has 1 aliphatic rings. The molecule has 0 spiro atoms. The molecule has 0 N–H and O–H groups in total. The highest BCUT2D eigenvalue weighted by atomic mass is 32.2. The first-order valence-corrected chi connectivity index (χ1v) is 13.7. The van der Waals surface area contributed by atoms with Gasteiger partial charge in [0.15, 0.2) is 9.84 Å². The minimum absolute atomic E-state index is 0.0155. The summed E-state index contributed by atoms with van der Waals surface area (Å²) in [6.07, 6.45) is 11.5. The Morgan fingerprint density at radius 3 is 2.40 bits per heavy atom. The predicted octanol–water partition coefficient (Wildman–Crippen LogP) is 4.36. The quantitative estimate of drug-likeness (QED) is 0.397. The van der Waals surface area contributed by atoms with Crippen LogP contribution in [0.1, 0.15) is 42.5 Å². The van der Waals surface area contributed by atoms with Crippen LogP contribution in [0.25, 0.3) is 10.9 Å². The first-order chi connectivity index (χ1) is 16.8. The monoisotopic (exact) mass is 493 g/mol. The standard InChI is InChI=1S/C26H28FN5O2S/c1-3-18-14-29-26(30-15-18)31-9-6-19(7-10-31)21-4-5-22(28-16-21)17-32-11-8-20-12-23(35(2,33)34)13-24(27)25(20)32/h4-5,8,11-16,19H,3,6-7,9-10,17H2,1-2H3. The highest BCUT2D eigenvalue weighted by Crippen LogP contribution is 2.29. The van der Waals surface area contributed by atoms with E-state index >= 15 is 0 Å². The fourth-order valence-electron chi connectivity index (χ4n) is 4.67. The zero-order valence-electron chi connectivity index (χ0n) is 19.9. The second kappa shape index (κ2) is 9.37. The topological polar surface area (TPSA) is 81.0 Å². The first-order valence-electron chi connectivity index (χ1n) is 11.8. The second-order valence-electron chi connectivity index (χ2n) is 9.15. The predicted molar refractivity (Wildman–Crippen MR) is 134 cm³/mol. The van der Waals surface area contributed by atoms with Crippen molar-refractivity contribution < 1.29 is 12.8 Å². The van der Waals surface area contributed by atoms with Gasteiger partial charge < -0.3 is 9.47 Å². The molecule has 0 bridgehead atoms. The molecule has 0 atom stereocenters. The number of halogens is 1. The van der Waals surface area contributed by atoms with Crippen LogP contribution in [0, 0.1) is 5.82 Å². The van der Waals surface area contributed by atoms with Crippen LogP contribution >= 0.6 is 0 Å². The van der Waals surface area contributed by atoms with E-state index in [0.717, 1.165) is 61.9 Å². The molecule has 0 radical (unpaired) electrons. The molecule has 3 aromatic heterocycles. The molecule has 1 aliphatic heterocycles. The van der Waals surface area contributed by atoms with Gasteiger partial charge in [-0.05, 0) is 60.6 Å². The van der Waals surface area contributed by atoms with Crippen molar-refractivity contribution in [3.8, 4) is 0 Å². The number of hydrogen-bond acceptors (Lipinski definition) is 6. The van der Waals surface area contributed by atoms with Gasteiger partial charge in [-0.2, -0.15) is 0 Å². The van der Waals surface area contributed by atoms with Crippen molar-refractivity contribution in [2.45, 2.75) is 43.5 Å². The lowest BCUT2D eigenvalue weighted by Crippen LogP contribution is -2.34. The number of nitrogens with zero attached hydrogens (tertiary/aromatic N) is 5. The maximum atomic E-state index is 14.8. The molecule has 1 saturated heterocycles. The number of sulfone groups is 1. The van der Waals surface area contributed by atoms with Gasteiger partial charge in [-0.3, -0.25) is 4.98 Å². The van der Waals surface area contributed by atoms with Crippen molar-refractivity contribution >= 4 is 26.7 Å². The van der Waals surface area contributed by atoms with Gasteiger partial charge in [0.2, 0.25) is 5.95 Å². The minimum Gasteiger partial charge on any atom is -0.341 e. The fraction of sp³-hybridized carbons (Fsp3) is 0.346. The number of fused-ring (bicyclic) bond motifs is 1. The Morgan fingerprint density at radius 1 is 1.03 bits per heavy atom. The van der Waals surface area contributed by atoms with E-state index in [1.54, 1.807) is 16.8 Å². The largest absolute Gasteiger partial charge is 0.341 e. The van der Waals surface area contributed by atoms with E-state index in [9.17, 15) is 12.8 Å². The maximum absolute atomic E-state index is 14.8. The summed E-state index contributed by atoms with van der Waals surface area (Å²) < 4.78 is 40.1. The number of aromatic nitrogens is 4. The van der Waals surface area contributed by atoms with Gasteiger partial charge in [0, 0.05) is 49.5 Å². The van der Waals surface area contributed by atoms with Gasteiger partial charge >= 0.3 is 0 Å². The molecule has 0 aliphatic carbocycles. The number of aryl methyl sites for hydroxylation is 1. The smallest absolute Gasteiger partial charge is 0.225 e. The summed E-state index contributed by atoms with van der Waals surface area (Å²) in [6.45, 7) is 4.31. The molecule has 4 heterocycles. The zero-order chi connectivity index (χ0) is 24.6. The average molecular weight is 494 g/mol. The summed E-state index contributed by atoms with van der Waals surface area (Å²) in [5.74, 6) is 0.676. The third-order valence-corrected chi connectivity index (χ3v) is 7.84. The number of pyridine rings is 1. The Labute approximate surface area is 204 Å². The Hall–Kier alpha value is -3.33. The summed E-state index contributed by atoms with van der Waals surface area (Å²) in [7, 11) is -3.48. The molecule has 5 rings (SSSR count). The van der Waals surface area contributed by atoms with E-state index in [2.05, 4.69) is 32.8 Å². The number of benzene rings is 1. The summed E-state index contributed by atoms with van der Waals surface area (Å²) in [6, 6.07) is 8.42. The summed E-state index contributed by atoms with van der Waals surface area (Å²) >= 11 is 0. The van der Waals surface area contributed by atoms with E-state index in [4.69, 9.17) is 0 Å². The van der Waals surface area contributed by atoms with Crippen LogP contribution in [0.4, 0.5) is 10.3 Å². The molecule has 0 unspecified atom stereocenters. The van der Waals surface area contributed by atoms with Crippen LogP contribution < -0.4 is 4.90 Å². The highest BCUT2D eigenvalue weighted by molar-refractivity contribution is 7.90. The van der Waals surface area contributed by atoms with Gasteiger partial charge in [0.25, 0.3) is 0 Å². The summed E-state index contributed by atoms with van der Waals surface area (Å²) in [4.78, 5) is 15.9. The number of anilines is 1. The minimum atomic E-state index is -3.48. The second-order valence-corrected chi connectivity index (χ2v) is 11.2. The van der Waals surface area contributed by atoms with E-state index in [1.165, 1.54) is 11.6 Å². The molecule has 0 amide bonds. The highest BCUT2D eigenvalue weighted by Gasteiger charge is 2.22. The Morgan fingerprint density at radius 2 is 1.77 bits per heavy atom. The average Bonchev–Trinajstić information content (AvgIpc) is 3.27. The fourth-order valence-corrected chi connectivity index (χ4v) is 5.33. The van der Waals surface area contributed by atoms with Crippen molar-refractivity contribution in [1.29, 1.82) is 0 Å². The van der Waals surface area contributed by atoms with E-state index < -0.39 is 15.7 Å². The lowest BCUT2D eigenvalue weighted by Gasteiger charge is -2.32. The third-order valence-electron chi connectivity index (χ3n) is 6.74. The van der Waals surface area contributed by atoms with E-state index in [1.807, 2.05) is 24.7 Å². The normalized spacial score (nSPS) is 15.1. The molecule has 4 aromatic rings. The molecule has 9 heteroatoms.